The molecule has 0 fully saturated rings. The van der Waals surface area contributed by atoms with Gasteiger partial charge in [0.2, 0.25) is 0 Å². The first-order valence-corrected chi connectivity index (χ1v) is 8.65. The summed E-state index contributed by atoms with van der Waals surface area (Å²) in [6, 6.07) is 14.0. The number of ether oxygens (including phenoxy) is 1. The van der Waals surface area contributed by atoms with Gasteiger partial charge in [-0.3, -0.25) is 9.59 Å². The van der Waals surface area contributed by atoms with E-state index in [2.05, 4.69) is 26.6 Å². The molecule has 0 radical (unpaired) electrons. The number of halogens is 1. The summed E-state index contributed by atoms with van der Waals surface area (Å²) >= 11 is 3.32. The molecule has 3 N–H and O–H groups in total. The summed E-state index contributed by atoms with van der Waals surface area (Å²) in [5.74, 6) is -0.225. The zero-order chi connectivity index (χ0) is 18.9. The molecule has 0 aliphatic carbocycles. The average molecular weight is 419 g/mol. The molecule has 2 rings (SSSR count). The lowest BCUT2D eigenvalue weighted by Gasteiger charge is -2.11. The molecular formula is C19H19BrN2O4. The van der Waals surface area contributed by atoms with Crippen molar-refractivity contribution in [2.75, 3.05) is 20.3 Å². The molecule has 0 bridgehead atoms. The average Bonchev–Trinajstić information content (AvgIpc) is 2.66. The quantitative estimate of drug-likeness (QED) is 0.602. The number of nitrogens with one attached hydrogen (secondary N) is 2. The molecule has 0 aliphatic heterocycles. The molecule has 6 nitrogen and oxygen atoms in total. The van der Waals surface area contributed by atoms with E-state index in [4.69, 9.17) is 9.84 Å². The van der Waals surface area contributed by atoms with Gasteiger partial charge in [-0.05, 0) is 51.8 Å². The third kappa shape index (κ3) is 5.44. The van der Waals surface area contributed by atoms with Crippen LogP contribution in [0.25, 0.3) is 6.08 Å². The van der Waals surface area contributed by atoms with Crippen molar-refractivity contribution in [1.29, 1.82) is 0 Å². The highest BCUT2D eigenvalue weighted by Gasteiger charge is 2.16. The predicted octanol–water partition coefficient (Wildman–Crippen LogP) is 2.34. The van der Waals surface area contributed by atoms with Crippen molar-refractivity contribution in [1.82, 2.24) is 10.6 Å². The topological polar surface area (TPSA) is 87.7 Å². The maximum atomic E-state index is 12.5. The van der Waals surface area contributed by atoms with E-state index < -0.39 is 11.8 Å². The van der Waals surface area contributed by atoms with Gasteiger partial charge in [0, 0.05) is 11.0 Å². The van der Waals surface area contributed by atoms with Crippen LogP contribution in [0, 0.1) is 0 Å². The number of aliphatic hydroxyl groups is 1. The minimum Gasteiger partial charge on any atom is -0.497 e. The first kappa shape index (κ1) is 19.7. The van der Waals surface area contributed by atoms with E-state index in [0.717, 1.165) is 0 Å². The molecule has 0 aromatic heterocycles. The zero-order valence-electron chi connectivity index (χ0n) is 14.2. The molecule has 136 valence electrons. The van der Waals surface area contributed by atoms with E-state index in [1.165, 1.54) is 0 Å². The van der Waals surface area contributed by atoms with Crippen LogP contribution in [0.1, 0.15) is 15.9 Å². The first-order chi connectivity index (χ1) is 12.5. The maximum Gasteiger partial charge on any atom is 0.267 e. The molecule has 0 aliphatic rings. The lowest BCUT2D eigenvalue weighted by Crippen LogP contribution is -2.36. The number of aliphatic hydroxyl groups excluding tert-OH is 1. The molecule has 0 unspecified atom stereocenters. The summed E-state index contributed by atoms with van der Waals surface area (Å²) in [5, 5.41) is 14.1. The van der Waals surface area contributed by atoms with Gasteiger partial charge >= 0.3 is 0 Å². The van der Waals surface area contributed by atoms with Gasteiger partial charge in [0.25, 0.3) is 11.8 Å². The Morgan fingerprint density at radius 1 is 1.15 bits per heavy atom. The van der Waals surface area contributed by atoms with Crippen LogP contribution in [-0.4, -0.2) is 37.2 Å². The molecule has 0 atom stereocenters. The van der Waals surface area contributed by atoms with E-state index >= 15 is 0 Å². The molecule has 0 spiro atoms. The number of hydrogen-bond donors (Lipinski definition) is 3. The van der Waals surface area contributed by atoms with Crippen molar-refractivity contribution in [3.63, 3.8) is 0 Å². The van der Waals surface area contributed by atoms with Crippen molar-refractivity contribution in [2.24, 2.45) is 0 Å². The molecular weight excluding hydrogens is 400 g/mol. The summed E-state index contributed by atoms with van der Waals surface area (Å²) < 4.78 is 5.73. The Balaban J connectivity index is 2.28. The van der Waals surface area contributed by atoms with Gasteiger partial charge in [-0.25, -0.2) is 0 Å². The minimum absolute atomic E-state index is 0.0735. The van der Waals surface area contributed by atoms with Gasteiger partial charge < -0.3 is 20.5 Å². The van der Waals surface area contributed by atoms with Crippen LogP contribution < -0.4 is 15.4 Å². The van der Waals surface area contributed by atoms with Crippen LogP contribution in [0.5, 0.6) is 5.75 Å². The Morgan fingerprint density at radius 3 is 2.46 bits per heavy atom. The SMILES string of the molecule is COc1ccc(/C=C(\NC(=O)c2ccccc2Br)C(=O)NCCO)cc1. The maximum absolute atomic E-state index is 12.5. The van der Waals surface area contributed by atoms with Crippen LogP contribution in [0.3, 0.4) is 0 Å². The number of amides is 2. The molecule has 0 heterocycles. The second-order valence-corrected chi connectivity index (χ2v) is 6.10. The lowest BCUT2D eigenvalue weighted by atomic mass is 10.1. The largest absolute Gasteiger partial charge is 0.497 e. The van der Waals surface area contributed by atoms with Gasteiger partial charge in [0.1, 0.15) is 11.4 Å². The standard InChI is InChI=1S/C19H19BrN2O4/c1-26-14-8-6-13(7-9-14)12-17(19(25)21-10-11-23)22-18(24)15-4-2-3-5-16(15)20/h2-9,12,23H,10-11H2,1H3,(H,21,25)(H,22,24)/b17-12-. The fourth-order valence-corrected chi connectivity index (χ4v) is 2.59. The summed E-state index contributed by atoms with van der Waals surface area (Å²) in [4.78, 5) is 24.9. The fraction of sp³-hybridized carbons (Fsp3) is 0.158. The summed E-state index contributed by atoms with van der Waals surface area (Å²) in [6.07, 6.45) is 1.56. The van der Waals surface area contributed by atoms with Gasteiger partial charge in [0.15, 0.2) is 0 Å². The molecule has 26 heavy (non-hydrogen) atoms. The van der Waals surface area contributed by atoms with Crippen LogP contribution in [-0.2, 0) is 4.79 Å². The smallest absolute Gasteiger partial charge is 0.267 e. The highest BCUT2D eigenvalue weighted by Crippen LogP contribution is 2.17. The fourth-order valence-electron chi connectivity index (χ4n) is 2.12. The number of rotatable bonds is 7. The lowest BCUT2D eigenvalue weighted by molar-refractivity contribution is -0.117. The van der Waals surface area contributed by atoms with Crippen molar-refractivity contribution in [3.8, 4) is 5.75 Å². The Labute approximate surface area is 160 Å². The molecule has 0 saturated carbocycles. The number of carbonyl (C=O) groups is 2. The first-order valence-electron chi connectivity index (χ1n) is 7.86. The van der Waals surface area contributed by atoms with Crippen LogP contribution in [0.2, 0.25) is 0 Å². The third-order valence-corrected chi connectivity index (χ3v) is 4.13. The van der Waals surface area contributed by atoms with Crippen molar-refractivity contribution in [3.05, 3.63) is 69.8 Å². The Kier molecular flexibility index (Phi) is 7.37. The normalized spacial score (nSPS) is 11.0. The number of hydrogen-bond acceptors (Lipinski definition) is 4. The Hall–Kier alpha value is -2.64. The number of carbonyl (C=O) groups excluding carboxylic acids is 2. The van der Waals surface area contributed by atoms with Crippen molar-refractivity contribution < 1.29 is 19.4 Å². The predicted molar refractivity (Wildman–Crippen MR) is 103 cm³/mol. The summed E-state index contributed by atoms with van der Waals surface area (Å²) in [7, 11) is 1.57. The molecule has 2 amide bonds. The molecule has 0 saturated heterocycles. The van der Waals surface area contributed by atoms with Gasteiger partial charge in [-0.1, -0.05) is 24.3 Å². The van der Waals surface area contributed by atoms with E-state index in [1.807, 2.05) is 0 Å². The Morgan fingerprint density at radius 2 is 1.85 bits per heavy atom. The van der Waals surface area contributed by atoms with Gasteiger partial charge in [0.05, 0.1) is 19.3 Å². The number of benzene rings is 2. The van der Waals surface area contributed by atoms with Crippen LogP contribution in [0.4, 0.5) is 0 Å². The third-order valence-electron chi connectivity index (χ3n) is 3.44. The van der Waals surface area contributed by atoms with Gasteiger partial charge in [-0.2, -0.15) is 0 Å². The van der Waals surface area contributed by atoms with Crippen molar-refractivity contribution in [2.45, 2.75) is 0 Å². The van der Waals surface area contributed by atoms with E-state index in [1.54, 1.807) is 61.7 Å². The highest BCUT2D eigenvalue weighted by molar-refractivity contribution is 9.10. The molecule has 2 aromatic carbocycles. The van der Waals surface area contributed by atoms with Gasteiger partial charge in [-0.15, -0.1) is 0 Å². The van der Waals surface area contributed by atoms with Crippen LogP contribution in [0.15, 0.2) is 58.7 Å². The van der Waals surface area contributed by atoms with E-state index in [0.29, 0.717) is 21.3 Å². The Bertz CT molecular complexity index is 803. The summed E-state index contributed by atoms with van der Waals surface area (Å²) in [5.41, 5.74) is 1.19. The van der Waals surface area contributed by atoms with Crippen molar-refractivity contribution >= 4 is 33.8 Å². The monoisotopic (exact) mass is 418 g/mol. The highest BCUT2D eigenvalue weighted by atomic mass is 79.9. The minimum atomic E-state index is -0.490. The summed E-state index contributed by atoms with van der Waals surface area (Å²) in [6.45, 7) is -0.108. The molecule has 2 aromatic rings. The van der Waals surface area contributed by atoms with E-state index in [9.17, 15) is 9.59 Å². The second-order valence-electron chi connectivity index (χ2n) is 5.24. The van der Waals surface area contributed by atoms with Crippen LogP contribution >= 0.6 is 15.9 Å². The molecule has 7 heteroatoms. The number of methoxy groups -OCH3 is 1. The van der Waals surface area contributed by atoms with E-state index in [-0.39, 0.29) is 18.8 Å². The second kappa shape index (κ2) is 9.74. The zero-order valence-corrected chi connectivity index (χ0v) is 15.7.